The average Bonchev–Trinajstić information content (AvgIpc) is 3.24. The predicted molar refractivity (Wildman–Crippen MR) is 114 cm³/mol. The van der Waals surface area contributed by atoms with Gasteiger partial charge in [-0.2, -0.15) is 5.26 Å². The number of nitrogens with one attached hydrogen (secondary N) is 2. The lowest BCUT2D eigenvalue weighted by atomic mass is 9.77. The summed E-state index contributed by atoms with van der Waals surface area (Å²) in [5.74, 6) is 0.117. The van der Waals surface area contributed by atoms with E-state index < -0.39 is 0 Å². The van der Waals surface area contributed by atoms with E-state index in [9.17, 15) is 4.79 Å². The molecule has 1 fully saturated rings. The van der Waals surface area contributed by atoms with Crippen molar-refractivity contribution < 1.29 is 9.53 Å². The minimum absolute atomic E-state index is 0.116. The number of anilines is 1. The van der Waals surface area contributed by atoms with Crippen LogP contribution in [0.15, 0.2) is 24.4 Å². The van der Waals surface area contributed by atoms with Crippen LogP contribution in [0, 0.1) is 16.7 Å². The standard InChI is InChI=1S/C23H27N5O2/c1-23(2)9-5-16(6-10-23)20-19(28-22(29)21-25-14-17(13-24)26-21)4-3-18(27-20)15-7-11-30-12-8-15/h3-5,14-15H,6-12H2,1-2H3,(H,25,26)(H,28,29). The Labute approximate surface area is 176 Å². The summed E-state index contributed by atoms with van der Waals surface area (Å²) in [6.07, 6.45) is 8.55. The Hall–Kier alpha value is -2.98. The van der Waals surface area contributed by atoms with Crippen molar-refractivity contribution in [2.75, 3.05) is 18.5 Å². The van der Waals surface area contributed by atoms with Gasteiger partial charge in [-0.3, -0.25) is 9.78 Å². The summed E-state index contributed by atoms with van der Waals surface area (Å²) in [5.41, 5.74) is 4.29. The van der Waals surface area contributed by atoms with Crippen molar-refractivity contribution in [2.24, 2.45) is 5.41 Å². The van der Waals surface area contributed by atoms with Crippen LogP contribution in [0.4, 0.5) is 5.69 Å². The van der Waals surface area contributed by atoms with Gasteiger partial charge in [-0.25, -0.2) is 4.98 Å². The zero-order valence-corrected chi connectivity index (χ0v) is 17.5. The molecule has 1 aliphatic carbocycles. The van der Waals surface area contributed by atoms with Crippen LogP contribution in [0.25, 0.3) is 5.57 Å². The van der Waals surface area contributed by atoms with Gasteiger partial charge in [0.1, 0.15) is 11.8 Å². The number of aromatic nitrogens is 3. The highest BCUT2D eigenvalue weighted by Crippen LogP contribution is 2.40. The Morgan fingerprint density at radius 2 is 2.13 bits per heavy atom. The fourth-order valence-electron chi connectivity index (χ4n) is 4.01. The first-order chi connectivity index (χ1) is 14.4. The number of carbonyl (C=O) groups is 1. The predicted octanol–water partition coefficient (Wildman–Crippen LogP) is 4.42. The number of carbonyl (C=O) groups excluding carboxylic acids is 1. The number of pyridine rings is 1. The molecule has 2 N–H and O–H groups in total. The Morgan fingerprint density at radius 3 is 2.80 bits per heavy atom. The van der Waals surface area contributed by atoms with Gasteiger partial charge >= 0.3 is 0 Å². The molecule has 3 heterocycles. The zero-order valence-electron chi connectivity index (χ0n) is 17.5. The number of imidazole rings is 1. The molecule has 0 radical (unpaired) electrons. The molecule has 0 spiro atoms. The van der Waals surface area contributed by atoms with Gasteiger partial charge in [0.05, 0.1) is 17.6 Å². The fourth-order valence-corrected chi connectivity index (χ4v) is 4.01. The first-order valence-corrected chi connectivity index (χ1v) is 10.5. The maximum atomic E-state index is 12.7. The molecule has 0 aromatic carbocycles. The van der Waals surface area contributed by atoms with Crippen molar-refractivity contribution in [3.8, 4) is 6.07 Å². The molecule has 0 bridgehead atoms. The van der Waals surface area contributed by atoms with E-state index in [2.05, 4.69) is 35.2 Å². The van der Waals surface area contributed by atoms with Crippen LogP contribution in [-0.4, -0.2) is 34.1 Å². The SMILES string of the molecule is CC1(C)CC=C(c2nc(C3CCOCC3)ccc2NC(=O)c2ncc(C#N)[nH]2)CC1. The minimum Gasteiger partial charge on any atom is -0.381 e. The lowest BCUT2D eigenvalue weighted by molar-refractivity contribution is 0.0845. The molecule has 2 aromatic heterocycles. The number of nitriles is 1. The van der Waals surface area contributed by atoms with Crippen LogP contribution in [0.2, 0.25) is 0 Å². The van der Waals surface area contributed by atoms with Gasteiger partial charge < -0.3 is 15.0 Å². The number of rotatable bonds is 4. The smallest absolute Gasteiger partial charge is 0.291 e. The van der Waals surface area contributed by atoms with Crippen molar-refractivity contribution in [1.29, 1.82) is 5.26 Å². The van der Waals surface area contributed by atoms with Crippen molar-refractivity contribution in [3.63, 3.8) is 0 Å². The lowest BCUT2D eigenvalue weighted by Gasteiger charge is -2.29. The summed E-state index contributed by atoms with van der Waals surface area (Å²) >= 11 is 0. The molecule has 30 heavy (non-hydrogen) atoms. The first kappa shape index (κ1) is 20.3. The second-order valence-electron chi connectivity index (χ2n) is 8.83. The summed E-state index contributed by atoms with van der Waals surface area (Å²) < 4.78 is 5.50. The highest BCUT2D eigenvalue weighted by Gasteiger charge is 2.26. The molecule has 2 aromatic rings. The van der Waals surface area contributed by atoms with Crippen LogP contribution in [0.3, 0.4) is 0 Å². The molecule has 4 rings (SSSR count). The molecule has 0 atom stereocenters. The maximum Gasteiger partial charge on any atom is 0.291 e. The van der Waals surface area contributed by atoms with Crippen LogP contribution >= 0.6 is 0 Å². The second kappa shape index (κ2) is 8.41. The van der Waals surface area contributed by atoms with Crippen molar-refractivity contribution in [1.82, 2.24) is 15.0 Å². The van der Waals surface area contributed by atoms with E-state index in [4.69, 9.17) is 15.0 Å². The Bertz CT molecular complexity index is 1010. The Balaban J connectivity index is 1.65. The largest absolute Gasteiger partial charge is 0.381 e. The molecular formula is C23H27N5O2. The molecule has 7 heteroatoms. The number of aromatic amines is 1. The molecule has 156 valence electrons. The molecule has 0 saturated carbocycles. The van der Waals surface area contributed by atoms with Crippen molar-refractivity contribution in [2.45, 2.75) is 51.9 Å². The number of allylic oxidation sites excluding steroid dienone is 2. The van der Waals surface area contributed by atoms with Gasteiger partial charge in [0, 0.05) is 24.8 Å². The second-order valence-corrected chi connectivity index (χ2v) is 8.83. The van der Waals surface area contributed by atoms with Gasteiger partial charge in [0.25, 0.3) is 5.91 Å². The van der Waals surface area contributed by atoms with E-state index >= 15 is 0 Å². The Kier molecular flexibility index (Phi) is 5.69. The number of hydrogen-bond acceptors (Lipinski definition) is 5. The van der Waals surface area contributed by atoms with E-state index in [1.165, 1.54) is 11.8 Å². The average molecular weight is 406 g/mol. The molecular weight excluding hydrogens is 378 g/mol. The van der Waals surface area contributed by atoms with Gasteiger partial charge in [-0.05, 0) is 55.2 Å². The topological polar surface area (TPSA) is 104 Å². The number of ether oxygens (including phenoxy) is 1. The molecule has 1 amide bonds. The molecule has 1 aliphatic heterocycles. The molecule has 2 aliphatic rings. The lowest BCUT2D eigenvalue weighted by Crippen LogP contribution is -2.19. The quantitative estimate of drug-likeness (QED) is 0.784. The van der Waals surface area contributed by atoms with E-state index in [-0.39, 0.29) is 22.8 Å². The van der Waals surface area contributed by atoms with Gasteiger partial charge in [0.2, 0.25) is 0 Å². The molecule has 1 saturated heterocycles. The molecule has 7 nitrogen and oxygen atoms in total. The summed E-state index contributed by atoms with van der Waals surface area (Å²) in [7, 11) is 0. The third-order valence-electron chi connectivity index (χ3n) is 5.99. The van der Waals surface area contributed by atoms with Gasteiger partial charge in [0.15, 0.2) is 5.82 Å². The fraction of sp³-hybridized carbons (Fsp3) is 0.478. The van der Waals surface area contributed by atoms with Crippen molar-refractivity contribution >= 4 is 17.2 Å². The Morgan fingerprint density at radius 1 is 1.33 bits per heavy atom. The highest BCUT2D eigenvalue weighted by atomic mass is 16.5. The normalized spacial score (nSPS) is 19.0. The number of H-pyrrole nitrogens is 1. The summed E-state index contributed by atoms with van der Waals surface area (Å²) in [5, 5.41) is 11.9. The van der Waals surface area contributed by atoms with Crippen LogP contribution < -0.4 is 5.32 Å². The van der Waals surface area contributed by atoms with Crippen LogP contribution in [0.1, 0.15) is 79.6 Å². The van der Waals surface area contributed by atoms with E-state index in [1.807, 2.05) is 18.2 Å². The van der Waals surface area contributed by atoms with Crippen LogP contribution in [0.5, 0.6) is 0 Å². The monoisotopic (exact) mass is 405 g/mol. The summed E-state index contributed by atoms with van der Waals surface area (Å²) in [6, 6.07) is 5.90. The number of amides is 1. The third-order valence-corrected chi connectivity index (χ3v) is 5.99. The highest BCUT2D eigenvalue weighted by molar-refractivity contribution is 6.03. The van der Waals surface area contributed by atoms with Gasteiger partial charge in [-0.1, -0.05) is 19.9 Å². The minimum atomic E-state index is -0.380. The van der Waals surface area contributed by atoms with E-state index in [0.717, 1.165) is 56.7 Å². The summed E-state index contributed by atoms with van der Waals surface area (Å²) in [4.78, 5) is 24.4. The van der Waals surface area contributed by atoms with Gasteiger partial charge in [-0.15, -0.1) is 0 Å². The number of nitrogens with zero attached hydrogens (tertiary/aromatic N) is 3. The van der Waals surface area contributed by atoms with E-state index in [0.29, 0.717) is 11.6 Å². The summed E-state index contributed by atoms with van der Waals surface area (Å²) in [6.45, 7) is 6.07. The maximum absolute atomic E-state index is 12.7. The molecule has 0 unspecified atom stereocenters. The first-order valence-electron chi connectivity index (χ1n) is 10.5. The number of hydrogen-bond donors (Lipinski definition) is 2. The van der Waals surface area contributed by atoms with E-state index in [1.54, 1.807) is 0 Å². The van der Waals surface area contributed by atoms with Crippen LogP contribution in [-0.2, 0) is 4.74 Å². The third kappa shape index (κ3) is 4.44. The zero-order chi connectivity index (χ0) is 21.1. The van der Waals surface area contributed by atoms with Crippen molar-refractivity contribution in [3.05, 3.63) is 47.3 Å².